The number of hydrogen-bond donors (Lipinski definition) is 1. The Hall–Kier alpha value is -1.88. The maximum Gasteiger partial charge on any atom is 0.242 e. The molecule has 20 heavy (non-hydrogen) atoms. The van der Waals surface area contributed by atoms with Crippen molar-refractivity contribution in [2.24, 2.45) is 5.73 Å². The van der Waals surface area contributed by atoms with Crippen LogP contribution < -0.4 is 5.73 Å². The van der Waals surface area contributed by atoms with Crippen molar-refractivity contribution >= 4 is 34.0 Å². The molecule has 0 saturated heterocycles. The van der Waals surface area contributed by atoms with Gasteiger partial charge in [0.05, 0.1) is 0 Å². The van der Waals surface area contributed by atoms with Gasteiger partial charge in [-0.3, -0.25) is 4.79 Å². The lowest BCUT2D eigenvalue weighted by Gasteiger charge is -2.19. The molecule has 5 heteroatoms. The van der Waals surface area contributed by atoms with Gasteiger partial charge >= 0.3 is 0 Å². The highest BCUT2D eigenvalue weighted by Gasteiger charge is 2.13. The van der Waals surface area contributed by atoms with Crippen LogP contribution in [0.25, 0.3) is 10.9 Å². The highest BCUT2D eigenvalue weighted by atomic mass is 32.1. The van der Waals surface area contributed by atoms with E-state index in [0.717, 1.165) is 29.6 Å². The van der Waals surface area contributed by atoms with Crippen LogP contribution in [0.15, 0.2) is 30.5 Å². The van der Waals surface area contributed by atoms with Gasteiger partial charge in [-0.2, -0.15) is 0 Å². The quantitative estimate of drug-likeness (QED) is 0.858. The minimum atomic E-state index is 0.119. The summed E-state index contributed by atoms with van der Waals surface area (Å²) >= 11 is 5.06. The van der Waals surface area contributed by atoms with Gasteiger partial charge in [-0.05, 0) is 26.0 Å². The molecule has 1 heterocycles. The number of hydrogen-bond acceptors (Lipinski definition) is 2. The van der Waals surface area contributed by atoms with Gasteiger partial charge < -0.3 is 15.2 Å². The molecule has 1 aromatic heterocycles. The Morgan fingerprint density at radius 1 is 1.30 bits per heavy atom. The predicted octanol–water partition coefficient (Wildman–Crippen LogP) is 2.14. The molecule has 2 rings (SSSR count). The largest absolute Gasteiger partial charge is 0.389 e. The summed E-state index contributed by atoms with van der Waals surface area (Å²) in [7, 11) is 0. The molecule has 106 valence electrons. The average molecular weight is 289 g/mol. The molecule has 0 aliphatic heterocycles. The van der Waals surface area contributed by atoms with Crippen molar-refractivity contribution in [1.29, 1.82) is 0 Å². The predicted molar refractivity (Wildman–Crippen MR) is 85.8 cm³/mol. The zero-order valence-electron chi connectivity index (χ0n) is 11.8. The summed E-state index contributed by atoms with van der Waals surface area (Å²) in [5.74, 6) is 0.119. The summed E-state index contributed by atoms with van der Waals surface area (Å²) in [6.45, 7) is 5.77. The molecule has 0 spiro atoms. The number of amides is 1. The van der Waals surface area contributed by atoms with Crippen molar-refractivity contribution in [1.82, 2.24) is 9.47 Å². The number of fused-ring (bicyclic) bond motifs is 1. The molecule has 2 aromatic rings. The Balaban J connectivity index is 2.35. The number of rotatable bonds is 5. The molecule has 0 bridgehead atoms. The van der Waals surface area contributed by atoms with Crippen LogP contribution in [0.1, 0.15) is 19.4 Å². The first-order valence-electron chi connectivity index (χ1n) is 6.73. The Morgan fingerprint density at radius 2 is 2.00 bits per heavy atom. The first-order valence-corrected chi connectivity index (χ1v) is 7.14. The summed E-state index contributed by atoms with van der Waals surface area (Å²) in [4.78, 5) is 14.4. The maximum atomic E-state index is 12.2. The van der Waals surface area contributed by atoms with Crippen LogP contribution in [-0.4, -0.2) is 33.5 Å². The summed E-state index contributed by atoms with van der Waals surface area (Å²) in [5, 5.41) is 0.993. The van der Waals surface area contributed by atoms with Gasteiger partial charge in [0.1, 0.15) is 11.5 Å². The second-order valence-corrected chi connectivity index (χ2v) is 5.05. The Morgan fingerprint density at radius 3 is 2.60 bits per heavy atom. The molecule has 0 unspecified atom stereocenters. The third-order valence-corrected chi connectivity index (χ3v) is 3.72. The zero-order chi connectivity index (χ0) is 14.7. The van der Waals surface area contributed by atoms with Crippen LogP contribution >= 0.6 is 12.2 Å². The molecule has 2 N–H and O–H groups in total. The lowest BCUT2D eigenvalue weighted by Crippen LogP contribution is -2.33. The van der Waals surface area contributed by atoms with E-state index in [-0.39, 0.29) is 5.91 Å². The van der Waals surface area contributed by atoms with Gasteiger partial charge in [0.2, 0.25) is 5.91 Å². The topological polar surface area (TPSA) is 51.3 Å². The number of aromatic nitrogens is 1. The Labute approximate surface area is 124 Å². The van der Waals surface area contributed by atoms with Crippen molar-refractivity contribution in [3.05, 3.63) is 36.0 Å². The lowest BCUT2D eigenvalue weighted by atomic mass is 10.1. The van der Waals surface area contributed by atoms with E-state index in [1.54, 1.807) is 0 Å². The highest BCUT2D eigenvalue weighted by molar-refractivity contribution is 7.80. The first kappa shape index (κ1) is 14.5. The number of nitrogens with two attached hydrogens (primary N) is 1. The van der Waals surface area contributed by atoms with Crippen molar-refractivity contribution in [3.8, 4) is 0 Å². The molecule has 0 saturated carbocycles. The Kier molecular flexibility index (Phi) is 4.39. The SMILES string of the molecule is CCN(CC)C(=O)Cn1ccc2c(C(N)=S)cccc21. The molecule has 1 aromatic carbocycles. The number of carbonyl (C=O) groups is 1. The second-order valence-electron chi connectivity index (χ2n) is 4.61. The van der Waals surface area contributed by atoms with Crippen molar-refractivity contribution < 1.29 is 4.79 Å². The Bertz CT molecular complexity index is 644. The molecule has 0 aliphatic carbocycles. The van der Waals surface area contributed by atoms with E-state index in [9.17, 15) is 4.79 Å². The third-order valence-electron chi connectivity index (χ3n) is 3.50. The van der Waals surface area contributed by atoms with E-state index in [1.807, 2.05) is 53.8 Å². The van der Waals surface area contributed by atoms with Gasteiger partial charge in [-0.25, -0.2) is 0 Å². The van der Waals surface area contributed by atoms with Gasteiger partial charge in [0, 0.05) is 35.8 Å². The minimum Gasteiger partial charge on any atom is -0.389 e. The van der Waals surface area contributed by atoms with Crippen LogP contribution in [0.5, 0.6) is 0 Å². The fourth-order valence-corrected chi connectivity index (χ4v) is 2.58. The normalized spacial score (nSPS) is 10.7. The van der Waals surface area contributed by atoms with E-state index < -0.39 is 0 Å². The van der Waals surface area contributed by atoms with Gasteiger partial charge in [0.25, 0.3) is 0 Å². The molecule has 0 aliphatic rings. The number of benzene rings is 1. The molecule has 0 atom stereocenters. The second kappa shape index (κ2) is 6.05. The molecular formula is C15H19N3OS. The van der Waals surface area contributed by atoms with Gasteiger partial charge in [-0.15, -0.1) is 0 Å². The molecule has 0 fully saturated rings. The standard InChI is InChI=1S/C15H19N3OS/c1-3-17(4-2)14(19)10-18-9-8-11-12(15(16)20)6-5-7-13(11)18/h5-9H,3-4,10H2,1-2H3,(H2,16,20). The van der Waals surface area contributed by atoms with Gasteiger partial charge in [-0.1, -0.05) is 24.4 Å². The van der Waals surface area contributed by atoms with E-state index in [1.165, 1.54) is 0 Å². The van der Waals surface area contributed by atoms with Crippen molar-refractivity contribution in [2.75, 3.05) is 13.1 Å². The maximum absolute atomic E-state index is 12.2. The van der Waals surface area contributed by atoms with E-state index in [2.05, 4.69) is 0 Å². The van der Waals surface area contributed by atoms with E-state index in [0.29, 0.717) is 11.5 Å². The van der Waals surface area contributed by atoms with Gasteiger partial charge in [0.15, 0.2) is 0 Å². The average Bonchev–Trinajstić information content (AvgIpc) is 2.83. The number of carbonyl (C=O) groups excluding carboxylic acids is 1. The van der Waals surface area contributed by atoms with Crippen molar-refractivity contribution in [3.63, 3.8) is 0 Å². The lowest BCUT2D eigenvalue weighted by molar-refractivity contribution is -0.131. The van der Waals surface area contributed by atoms with Crippen LogP contribution in [0.4, 0.5) is 0 Å². The van der Waals surface area contributed by atoms with Crippen LogP contribution in [-0.2, 0) is 11.3 Å². The monoisotopic (exact) mass is 289 g/mol. The van der Waals surface area contributed by atoms with E-state index >= 15 is 0 Å². The summed E-state index contributed by atoms with van der Waals surface area (Å²) < 4.78 is 1.94. The van der Waals surface area contributed by atoms with Crippen LogP contribution in [0.2, 0.25) is 0 Å². The molecular weight excluding hydrogens is 270 g/mol. The zero-order valence-corrected chi connectivity index (χ0v) is 12.6. The van der Waals surface area contributed by atoms with Crippen LogP contribution in [0, 0.1) is 0 Å². The highest BCUT2D eigenvalue weighted by Crippen LogP contribution is 2.20. The number of likely N-dealkylation sites (N-methyl/N-ethyl adjacent to an activating group) is 1. The fourth-order valence-electron chi connectivity index (χ4n) is 2.40. The summed E-state index contributed by atoms with van der Waals surface area (Å²) in [6.07, 6.45) is 1.91. The van der Waals surface area contributed by atoms with Crippen LogP contribution in [0.3, 0.4) is 0 Å². The van der Waals surface area contributed by atoms with Crippen molar-refractivity contribution in [2.45, 2.75) is 20.4 Å². The summed E-state index contributed by atoms with van der Waals surface area (Å²) in [6, 6.07) is 7.75. The number of nitrogens with zero attached hydrogens (tertiary/aromatic N) is 2. The molecule has 1 amide bonds. The fraction of sp³-hybridized carbons (Fsp3) is 0.333. The smallest absolute Gasteiger partial charge is 0.242 e. The number of thiocarbonyl (C=S) groups is 1. The minimum absolute atomic E-state index is 0.119. The molecule has 0 radical (unpaired) electrons. The van der Waals surface area contributed by atoms with E-state index in [4.69, 9.17) is 18.0 Å². The first-order chi connectivity index (χ1) is 9.58. The third kappa shape index (κ3) is 2.67. The summed E-state index contributed by atoms with van der Waals surface area (Å²) in [5.41, 5.74) is 7.56. The molecule has 4 nitrogen and oxygen atoms in total.